The van der Waals surface area contributed by atoms with Gasteiger partial charge in [0.25, 0.3) is 8.53 Å². The van der Waals surface area contributed by atoms with Crippen LogP contribution in [0.2, 0.25) is 0 Å². The summed E-state index contributed by atoms with van der Waals surface area (Å²) in [6, 6.07) is 0. The van der Waals surface area contributed by atoms with Crippen molar-refractivity contribution in [1.82, 2.24) is 4.67 Å². The molecule has 0 aromatic rings. The number of rotatable bonds is 3. The topological polar surface area (TPSA) is 48.0 Å². The Morgan fingerprint density at radius 1 is 1.59 bits per heavy atom. The van der Waals surface area contributed by atoms with E-state index in [0.29, 0.717) is 13.2 Å². The van der Waals surface area contributed by atoms with Crippen molar-refractivity contribution in [2.24, 2.45) is 0 Å². The molecular formula is C11H20NO4P. The van der Waals surface area contributed by atoms with Crippen LogP contribution in [0.3, 0.4) is 0 Å². The molecule has 0 bridgehead atoms. The Morgan fingerprint density at radius 3 is 3.00 bits per heavy atom. The van der Waals surface area contributed by atoms with Gasteiger partial charge in [-0.05, 0) is 13.3 Å². The summed E-state index contributed by atoms with van der Waals surface area (Å²) in [4.78, 5) is 11.4. The van der Waals surface area contributed by atoms with Gasteiger partial charge >= 0.3 is 0 Å². The van der Waals surface area contributed by atoms with E-state index in [-0.39, 0.29) is 24.2 Å². The van der Waals surface area contributed by atoms with Crippen molar-refractivity contribution >= 4 is 14.4 Å². The van der Waals surface area contributed by atoms with E-state index < -0.39 is 8.53 Å². The Hall–Kier alpha value is -0.220. The fraction of sp³-hybridized carbons (Fsp3) is 0.909. The number of carbonyl (C=O) groups is 1. The van der Waals surface area contributed by atoms with Gasteiger partial charge in [0.2, 0.25) is 5.91 Å². The molecule has 2 saturated heterocycles. The number of hydrogen-bond donors (Lipinski definition) is 0. The lowest BCUT2D eigenvalue weighted by Crippen LogP contribution is -2.26. The van der Waals surface area contributed by atoms with Gasteiger partial charge in [-0.2, -0.15) is 0 Å². The quantitative estimate of drug-likeness (QED) is 0.730. The Labute approximate surface area is 103 Å². The number of ether oxygens (including phenoxy) is 1. The Balaban J connectivity index is 1.93. The maximum absolute atomic E-state index is 11.4. The molecular weight excluding hydrogens is 241 g/mol. The monoisotopic (exact) mass is 261 g/mol. The van der Waals surface area contributed by atoms with Crippen LogP contribution in [0.1, 0.15) is 33.6 Å². The molecule has 2 aliphatic rings. The van der Waals surface area contributed by atoms with Gasteiger partial charge in [0.15, 0.2) is 0 Å². The summed E-state index contributed by atoms with van der Waals surface area (Å²) < 4.78 is 18.9. The van der Waals surface area contributed by atoms with Crippen molar-refractivity contribution in [3.63, 3.8) is 0 Å². The lowest BCUT2D eigenvalue weighted by atomic mass is 10.1. The molecule has 2 fully saturated rings. The zero-order valence-electron chi connectivity index (χ0n) is 10.6. The average Bonchev–Trinajstić information content (AvgIpc) is 2.85. The molecule has 2 aliphatic heterocycles. The van der Waals surface area contributed by atoms with Gasteiger partial charge in [0.05, 0.1) is 31.5 Å². The lowest BCUT2D eigenvalue weighted by Gasteiger charge is -2.24. The standard InChI is InChI=1S/C11H20NO4P/c1-4-10-11(7-8(2)15-10)16-17-12(9(3)13)5-6-14-17/h8,10-11H,4-7H2,1-3H3/t8-,10+,11?,17?/m0/s1. The Morgan fingerprint density at radius 2 is 2.35 bits per heavy atom. The molecule has 4 atom stereocenters. The first-order valence-electron chi connectivity index (χ1n) is 6.15. The second-order valence-electron chi connectivity index (χ2n) is 4.49. The molecule has 2 heterocycles. The highest BCUT2D eigenvalue weighted by atomic mass is 31.2. The van der Waals surface area contributed by atoms with E-state index in [4.69, 9.17) is 13.8 Å². The highest BCUT2D eigenvalue weighted by molar-refractivity contribution is 7.45. The third-order valence-corrected chi connectivity index (χ3v) is 4.81. The van der Waals surface area contributed by atoms with E-state index in [9.17, 15) is 4.79 Å². The third kappa shape index (κ3) is 2.97. The number of amides is 1. The zero-order chi connectivity index (χ0) is 12.4. The van der Waals surface area contributed by atoms with Crippen LogP contribution in [0.15, 0.2) is 0 Å². The molecule has 0 N–H and O–H groups in total. The van der Waals surface area contributed by atoms with Crippen LogP contribution < -0.4 is 0 Å². The van der Waals surface area contributed by atoms with Gasteiger partial charge < -0.3 is 13.8 Å². The summed E-state index contributed by atoms with van der Waals surface area (Å²) in [6.07, 6.45) is 2.23. The van der Waals surface area contributed by atoms with Gasteiger partial charge in [-0.1, -0.05) is 6.92 Å². The van der Waals surface area contributed by atoms with Crippen LogP contribution in [0.4, 0.5) is 0 Å². The van der Waals surface area contributed by atoms with Crippen molar-refractivity contribution in [2.75, 3.05) is 13.2 Å². The van der Waals surface area contributed by atoms with Crippen LogP contribution >= 0.6 is 8.53 Å². The van der Waals surface area contributed by atoms with Crippen molar-refractivity contribution in [1.29, 1.82) is 0 Å². The van der Waals surface area contributed by atoms with Crippen molar-refractivity contribution in [2.45, 2.75) is 51.9 Å². The van der Waals surface area contributed by atoms with Crippen molar-refractivity contribution in [3.8, 4) is 0 Å². The molecule has 0 aromatic heterocycles. The SMILES string of the molecule is CC[C@H]1O[C@@H](C)CC1OP1OCCN1C(C)=O. The average molecular weight is 261 g/mol. The predicted molar refractivity (Wildman–Crippen MR) is 64.4 cm³/mol. The molecule has 98 valence electrons. The summed E-state index contributed by atoms with van der Waals surface area (Å²) in [5.41, 5.74) is 0. The minimum Gasteiger partial charge on any atom is -0.372 e. The Kier molecular flexibility index (Phi) is 4.36. The molecule has 0 aromatic carbocycles. The highest BCUT2D eigenvalue weighted by Gasteiger charge is 2.39. The summed E-state index contributed by atoms with van der Waals surface area (Å²) in [5.74, 6) is 0.0219. The van der Waals surface area contributed by atoms with E-state index in [2.05, 4.69) is 13.8 Å². The summed E-state index contributed by atoms with van der Waals surface area (Å²) in [5, 5.41) is 0. The molecule has 5 nitrogen and oxygen atoms in total. The normalized spacial score (nSPS) is 37.7. The van der Waals surface area contributed by atoms with E-state index in [1.54, 1.807) is 11.6 Å². The fourth-order valence-corrected chi connectivity index (χ4v) is 3.70. The maximum Gasteiger partial charge on any atom is 0.292 e. The van der Waals surface area contributed by atoms with Crippen LogP contribution in [-0.4, -0.2) is 42.0 Å². The van der Waals surface area contributed by atoms with Gasteiger partial charge in [-0.3, -0.25) is 9.46 Å². The van der Waals surface area contributed by atoms with Crippen LogP contribution in [0, 0.1) is 0 Å². The molecule has 17 heavy (non-hydrogen) atoms. The summed E-state index contributed by atoms with van der Waals surface area (Å²) in [6.45, 7) is 6.91. The van der Waals surface area contributed by atoms with Crippen LogP contribution in [-0.2, 0) is 18.6 Å². The zero-order valence-corrected chi connectivity index (χ0v) is 11.5. The lowest BCUT2D eigenvalue weighted by molar-refractivity contribution is -0.124. The Bertz CT molecular complexity index is 289. The van der Waals surface area contributed by atoms with Crippen molar-refractivity contribution < 1.29 is 18.6 Å². The van der Waals surface area contributed by atoms with E-state index in [1.807, 2.05) is 0 Å². The molecule has 2 rings (SSSR count). The van der Waals surface area contributed by atoms with Gasteiger partial charge in [-0.25, -0.2) is 0 Å². The summed E-state index contributed by atoms with van der Waals surface area (Å²) in [7, 11) is -1.21. The predicted octanol–water partition coefficient (Wildman–Crippen LogP) is 2.06. The smallest absolute Gasteiger partial charge is 0.292 e. The molecule has 0 radical (unpaired) electrons. The first kappa shape index (κ1) is 13.2. The third-order valence-electron chi connectivity index (χ3n) is 3.08. The molecule has 0 spiro atoms. The first-order chi connectivity index (χ1) is 8.11. The maximum atomic E-state index is 11.4. The fourth-order valence-electron chi connectivity index (χ4n) is 2.22. The minimum atomic E-state index is -1.21. The molecule has 6 heteroatoms. The first-order valence-corrected chi connectivity index (χ1v) is 7.28. The molecule has 1 amide bonds. The second-order valence-corrected chi connectivity index (χ2v) is 5.91. The van der Waals surface area contributed by atoms with E-state index in [0.717, 1.165) is 12.8 Å². The molecule has 0 aliphatic carbocycles. The van der Waals surface area contributed by atoms with Crippen molar-refractivity contribution in [3.05, 3.63) is 0 Å². The van der Waals surface area contributed by atoms with E-state index in [1.165, 1.54) is 0 Å². The second kappa shape index (κ2) is 5.61. The minimum absolute atomic E-state index is 0.0219. The number of hydrogen-bond acceptors (Lipinski definition) is 4. The van der Waals surface area contributed by atoms with Gasteiger partial charge in [-0.15, -0.1) is 0 Å². The molecule has 2 unspecified atom stereocenters. The summed E-state index contributed by atoms with van der Waals surface area (Å²) >= 11 is 0. The molecule has 0 saturated carbocycles. The van der Waals surface area contributed by atoms with Gasteiger partial charge in [0, 0.05) is 13.3 Å². The number of carbonyl (C=O) groups excluding carboxylic acids is 1. The van der Waals surface area contributed by atoms with Gasteiger partial charge in [0.1, 0.15) is 0 Å². The highest BCUT2D eigenvalue weighted by Crippen LogP contribution is 2.49. The van der Waals surface area contributed by atoms with E-state index >= 15 is 0 Å². The van der Waals surface area contributed by atoms with Crippen LogP contribution in [0.25, 0.3) is 0 Å². The largest absolute Gasteiger partial charge is 0.372 e. The van der Waals surface area contributed by atoms with Crippen LogP contribution in [0.5, 0.6) is 0 Å². The number of nitrogens with zero attached hydrogens (tertiary/aromatic N) is 1.